The van der Waals surface area contributed by atoms with Crippen molar-refractivity contribution in [2.75, 3.05) is 24.6 Å². The number of nitrogens with one attached hydrogen (secondary N) is 1. The topological polar surface area (TPSA) is 61.8 Å². The Morgan fingerprint density at radius 2 is 2.00 bits per heavy atom. The first-order chi connectivity index (χ1) is 19.0. The zero-order valence-corrected chi connectivity index (χ0v) is 23.9. The minimum atomic E-state index is -0.400. The molecule has 206 valence electrons. The molecular weight excluding hydrogens is 528 g/mol. The zero-order chi connectivity index (χ0) is 26.6. The summed E-state index contributed by atoms with van der Waals surface area (Å²) in [5.41, 5.74) is 4.19. The molecule has 7 heteroatoms. The van der Waals surface area contributed by atoms with Crippen LogP contribution in [0.4, 0.5) is 5.69 Å². The van der Waals surface area contributed by atoms with Crippen LogP contribution in [0.3, 0.4) is 0 Å². The van der Waals surface area contributed by atoms with E-state index in [1.165, 1.54) is 17.5 Å². The summed E-state index contributed by atoms with van der Waals surface area (Å²) in [6.45, 7) is 2.28. The molecule has 2 bridgehead atoms. The van der Waals surface area contributed by atoms with E-state index in [0.29, 0.717) is 29.3 Å². The minimum absolute atomic E-state index is 0.0374. The van der Waals surface area contributed by atoms with Gasteiger partial charge in [0.05, 0.1) is 18.4 Å². The lowest BCUT2D eigenvalue weighted by molar-refractivity contribution is 0.0455. The number of fused-ring (bicyclic) bond motifs is 5. The molecule has 0 saturated heterocycles. The van der Waals surface area contributed by atoms with E-state index in [9.17, 15) is 9.90 Å². The molecule has 2 aromatic carbocycles. The average molecular weight is 565 g/mol. The SMILES string of the molecule is O=C1NS[C@@H]2CC[C@H]2C/C=C/[C@H](O)[C@@H]2CC[C@H]2CN2C[C@@]3(CCCc4cc(Cl)ccc43)COc3ccc1cc32. The number of allylic oxidation sites excluding steroid dienone is 1. The molecule has 2 heterocycles. The third-order valence-electron chi connectivity index (χ3n) is 10.1. The van der Waals surface area contributed by atoms with E-state index in [1.807, 2.05) is 30.3 Å². The van der Waals surface area contributed by atoms with E-state index in [1.54, 1.807) is 11.9 Å². The molecule has 6 atom stereocenters. The zero-order valence-electron chi connectivity index (χ0n) is 22.3. The molecule has 0 aromatic heterocycles. The van der Waals surface area contributed by atoms with Crippen LogP contribution in [-0.4, -0.2) is 42.1 Å². The Balaban J connectivity index is 1.26. The monoisotopic (exact) mass is 564 g/mol. The van der Waals surface area contributed by atoms with Crippen LogP contribution in [0.25, 0.3) is 0 Å². The maximum atomic E-state index is 13.3. The summed E-state index contributed by atoms with van der Waals surface area (Å²) in [4.78, 5) is 15.7. The number of hydrogen-bond donors (Lipinski definition) is 2. The van der Waals surface area contributed by atoms with Gasteiger partial charge in [0.1, 0.15) is 5.75 Å². The van der Waals surface area contributed by atoms with Crippen molar-refractivity contribution in [2.45, 2.75) is 68.1 Å². The highest BCUT2D eigenvalue weighted by Gasteiger charge is 2.44. The van der Waals surface area contributed by atoms with Crippen molar-refractivity contribution >= 4 is 35.1 Å². The molecule has 2 aliphatic heterocycles. The van der Waals surface area contributed by atoms with Gasteiger partial charge < -0.3 is 14.7 Å². The Hall–Kier alpha value is -2.15. The number of hydrogen-bond acceptors (Lipinski definition) is 5. The Kier molecular flexibility index (Phi) is 6.85. The van der Waals surface area contributed by atoms with Crippen molar-refractivity contribution in [1.82, 2.24) is 4.72 Å². The molecule has 2 aromatic rings. The molecule has 2 fully saturated rings. The third-order valence-corrected chi connectivity index (χ3v) is 11.6. The summed E-state index contributed by atoms with van der Waals surface area (Å²) < 4.78 is 9.73. The van der Waals surface area contributed by atoms with Crippen molar-refractivity contribution < 1.29 is 14.6 Å². The average Bonchev–Trinajstić information content (AvgIpc) is 3.05. The molecule has 7 rings (SSSR count). The number of amides is 1. The van der Waals surface area contributed by atoms with Crippen LogP contribution in [0.15, 0.2) is 48.6 Å². The first-order valence-corrected chi connectivity index (χ1v) is 15.9. The third kappa shape index (κ3) is 4.76. The van der Waals surface area contributed by atoms with Crippen molar-refractivity contribution in [1.29, 1.82) is 0 Å². The van der Waals surface area contributed by atoms with Crippen LogP contribution in [0, 0.1) is 17.8 Å². The quantitative estimate of drug-likeness (QED) is 0.290. The van der Waals surface area contributed by atoms with Gasteiger partial charge in [0.15, 0.2) is 0 Å². The second kappa shape index (κ2) is 10.4. The fourth-order valence-corrected chi connectivity index (χ4v) is 8.76. The van der Waals surface area contributed by atoms with E-state index < -0.39 is 6.10 Å². The van der Waals surface area contributed by atoms with E-state index in [0.717, 1.165) is 74.5 Å². The number of benzene rings is 2. The fourth-order valence-electron chi connectivity index (χ4n) is 7.50. The largest absolute Gasteiger partial charge is 0.490 e. The molecule has 0 radical (unpaired) electrons. The Bertz CT molecular complexity index is 1300. The molecule has 39 heavy (non-hydrogen) atoms. The second-order valence-corrected chi connectivity index (χ2v) is 13.8. The molecule has 3 aliphatic carbocycles. The number of aliphatic hydroxyl groups is 1. The summed E-state index contributed by atoms with van der Waals surface area (Å²) >= 11 is 7.97. The summed E-state index contributed by atoms with van der Waals surface area (Å²) in [6.07, 6.45) is 12.5. The molecule has 5 aliphatic rings. The van der Waals surface area contributed by atoms with Crippen LogP contribution >= 0.6 is 23.5 Å². The molecule has 1 spiro atoms. The maximum Gasteiger partial charge on any atom is 0.261 e. The highest BCUT2D eigenvalue weighted by molar-refractivity contribution is 7.98. The van der Waals surface area contributed by atoms with E-state index in [4.69, 9.17) is 16.3 Å². The highest BCUT2D eigenvalue weighted by atomic mass is 35.5. The molecule has 2 saturated carbocycles. The van der Waals surface area contributed by atoms with Gasteiger partial charge in [-0.05, 0) is 123 Å². The van der Waals surface area contributed by atoms with Gasteiger partial charge in [-0.3, -0.25) is 9.52 Å². The Morgan fingerprint density at radius 3 is 2.82 bits per heavy atom. The number of rotatable bonds is 0. The Morgan fingerprint density at radius 1 is 1.10 bits per heavy atom. The van der Waals surface area contributed by atoms with Crippen molar-refractivity contribution in [3.63, 3.8) is 0 Å². The number of aryl methyl sites for hydroxylation is 1. The van der Waals surface area contributed by atoms with E-state index in [-0.39, 0.29) is 17.2 Å². The van der Waals surface area contributed by atoms with Crippen LogP contribution in [0.1, 0.15) is 66.4 Å². The van der Waals surface area contributed by atoms with Gasteiger partial charge >= 0.3 is 0 Å². The van der Waals surface area contributed by atoms with Crippen LogP contribution in [0.5, 0.6) is 5.75 Å². The Labute approximate surface area is 240 Å². The van der Waals surface area contributed by atoms with E-state index >= 15 is 0 Å². The molecule has 5 nitrogen and oxygen atoms in total. The lowest BCUT2D eigenvalue weighted by Gasteiger charge is -2.45. The first-order valence-electron chi connectivity index (χ1n) is 14.6. The number of nitrogens with zero attached hydrogens (tertiary/aromatic N) is 1. The number of ether oxygens (including phenoxy) is 1. The smallest absolute Gasteiger partial charge is 0.261 e. The fraction of sp³-hybridized carbons (Fsp3) is 0.531. The lowest BCUT2D eigenvalue weighted by Crippen LogP contribution is -2.49. The van der Waals surface area contributed by atoms with Gasteiger partial charge in [-0.15, -0.1) is 0 Å². The van der Waals surface area contributed by atoms with Crippen molar-refractivity contribution in [3.8, 4) is 5.75 Å². The maximum absolute atomic E-state index is 13.3. The van der Waals surface area contributed by atoms with Crippen molar-refractivity contribution in [2.24, 2.45) is 17.8 Å². The number of carbonyl (C=O) groups excluding carboxylic acids is 1. The van der Waals surface area contributed by atoms with Gasteiger partial charge in [0.25, 0.3) is 5.91 Å². The van der Waals surface area contributed by atoms with E-state index in [2.05, 4.69) is 27.8 Å². The number of halogens is 1. The second-order valence-electron chi connectivity index (χ2n) is 12.4. The number of aliphatic hydroxyl groups excluding tert-OH is 1. The summed E-state index contributed by atoms with van der Waals surface area (Å²) in [5, 5.41) is 12.3. The van der Waals surface area contributed by atoms with Gasteiger partial charge in [-0.1, -0.05) is 29.8 Å². The van der Waals surface area contributed by atoms with Crippen molar-refractivity contribution in [3.05, 3.63) is 70.3 Å². The normalized spacial score (nSPS) is 34.7. The van der Waals surface area contributed by atoms with Crippen LogP contribution < -0.4 is 14.4 Å². The predicted octanol–water partition coefficient (Wildman–Crippen LogP) is 6.32. The number of carbonyl (C=O) groups is 1. The lowest BCUT2D eigenvalue weighted by atomic mass is 9.68. The molecular formula is C32H37ClN2O3S. The van der Waals surface area contributed by atoms with Gasteiger partial charge in [0, 0.05) is 34.3 Å². The first kappa shape index (κ1) is 25.8. The molecule has 1 amide bonds. The standard InChI is InChI=1S/C32H37ClN2O3S/c33-24-9-11-26-21(15-24)4-2-14-32(26)18-35-17-23-6-10-25(23)28(36)5-1-3-20-8-13-30(20)39-34-31(37)22-7-12-29(38-19-32)27(35)16-22/h1,5,7,9,11-12,15-16,20,23,25,28,30,36H,2-4,6,8,10,13-14,17-19H2,(H,34,37)/b5-1+/t20-,23+,25-,28+,30-,32+/m1/s1. The minimum Gasteiger partial charge on any atom is -0.490 e. The summed E-state index contributed by atoms with van der Waals surface area (Å²) in [5.74, 6) is 2.04. The van der Waals surface area contributed by atoms with Gasteiger partial charge in [-0.2, -0.15) is 0 Å². The highest BCUT2D eigenvalue weighted by Crippen LogP contribution is 2.47. The van der Waals surface area contributed by atoms with Gasteiger partial charge in [0.2, 0.25) is 0 Å². The number of anilines is 1. The predicted molar refractivity (Wildman–Crippen MR) is 158 cm³/mol. The summed E-state index contributed by atoms with van der Waals surface area (Å²) in [7, 11) is 0. The van der Waals surface area contributed by atoms with Crippen LogP contribution in [0.2, 0.25) is 5.02 Å². The summed E-state index contributed by atoms with van der Waals surface area (Å²) in [6, 6.07) is 12.3. The van der Waals surface area contributed by atoms with Crippen LogP contribution in [-0.2, 0) is 11.8 Å². The molecule has 2 N–H and O–H groups in total. The van der Waals surface area contributed by atoms with Gasteiger partial charge in [-0.25, -0.2) is 0 Å². The molecule has 0 unspecified atom stereocenters.